The lowest BCUT2D eigenvalue weighted by molar-refractivity contribution is 0.300. The van der Waals surface area contributed by atoms with E-state index in [1.807, 2.05) is 78.5 Å². The molecule has 2 heterocycles. The standard InChI is InChI=1S/C21H20N4O/c1-15-7-10-21(26-13-16-5-3-2-4-6-16)19(24-15)12-25-14-23-18-9-8-17(22)11-20(18)25/h2-11,14H,12-13,22H2,1H3. The van der Waals surface area contributed by atoms with Crippen molar-refractivity contribution in [1.82, 2.24) is 14.5 Å². The molecule has 4 rings (SSSR count). The second-order valence-corrected chi connectivity index (χ2v) is 6.29. The fourth-order valence-corrected chi connectivity index (χ4v) is 2.94. The lowest BCUT2D eigenvalue weighted by atomic mass is 10.2. The first-order valence-corrected chi connectivity index (χ1v) is 8.53. The number of pyridine rings is 1. The molecule has 26 heavy (non-hydrogen) atoms. The zero-order chi connectivity index (χ0) is 17.9. The third-order valence-electron chi connectivity index (χ3n) is 4.27. The summed E-state index contributed by atoms with van der Waals surface area (Å²) in [4.78, 5) is 9.13. The Kier molecular flexibility index (Phi) is 4.27. The van der Waals surface area contributed by atoms with E-state index in [9.17, 15) is 0 Å². The molecule has 2 aromatic carbocycles. The van der Waals surface area contributed by atoms with Crippen molar-refractivity contribution in [3.8, 4) is 5.75 Å². The van der Waals surface area contributed by atoms with Crippen LogP contribution in [0.3, 0.4) is 0 Å². The summed E-state index contributed by atoms with van der Waals surface area (Å²) in [6, 6.07) is 19.8. The predicted molar refractivity (Wildman–Crippen MR) is 103 cm³/mol. The van der Waals surface area contributed by atoms with Crippen LogP contribution in [0.2, 0.25) is 0 Å². The summed E-state index contributed by atoms with van der Waals surface area (Å²) in [7, 11) is 0. The molecule has 0 spiro atoms. The van der Waals surface area contributed by atoms with Crippen molar-refractivity contribution in [3.63, 3.8) is 0 Å². The molecule has 2 aromatic heterocycles. The number of anilines is 1. The number of aromatic nitrogens is 3. The molecule has 0 saturated carbocycles. The molecule has 4 aromatic rings. The van der Waals surface area contributed by atoms with E-state index in [2.05, 4.69) is 9.97 Å². The average molecular weight is 344 g/mol. The summed E-state index contributed by atoms with van der Waals surface area (Å²) < 4.78 is 8.09. The molecule has 0 amide bonds. The van der Waals surface area contributed by atoms with Crippen molar-refractivity contribution in [2.45, 2.75) is 20.1 Å². The number of benzene rings is 2. The van der Waals surface area contributed by atoms with E-state index in [4.69, 9.17) is 10.5 Å². The van der Waals surface area contributed by atoms with Crippen LogP contribution in [0.5, 0.6) is 5.75 Å². The molecule has 5 nitrogen and oxygen atoms in total. The van der Waals surface area contributed by atoms with Gasteiger partial charge in [-0.3, -0.25) is 4.98 Å². The van der Waals surface area contributed by atoms with Crippen molar-refractivity contribution in [2.75, 3.05) is 5.73 Å². The zero-order valence-electron chi connectivity index (χ0n) is 14.6. The summed E-state index contributed by atoms with van der Waals surface area (Å²) >= 11 is 0. The molecule has 0 radical (unpaired) electrons. The van der Waals surface area contributed by atoms with Gasteiger partial charge in [0.15, 0.2) is 0 Å². The van der Waals surface area contributed by atoms with Crippen molar-refractivity contribution in [3.05, 3.63) is 83.9 Å². The van der Waals surface area contributed by atoms with Gasteiger partial charge in [-0.1, -0.05) is 30.3 Å². The quantitative estimate of drug-likeness (QED) is 0.557. The van der Waals surface area contributed by atoms with Crippen LogP contribution in [0.25, 0.3) is 11.0 Å². The summed E-state index contributed by atoms with van der Waals surface area (Å²) in [6.07, 6.45) is 1.81. The van der Waals surface area contributed by atoms with Crippen LogP contribution in [-0.2, 0) is 13.2 Å². The fraction of sp³-hybridized carbons (Fsp3) is 0.143. The maximum absolute atomic E-state index is 6.04. The highest BCUT2D eigenvalue weighted by molar-refractivity contribution is 5.79. The second-order valence-electron chi connectivity index (χ2n) is 6.29. The van der Waals surface area contributed by atoms with E-state index in [1.165, 1.54) is 0 Å². The maximum Gasteiger partial charge on any atom is 0.143 e. The zero-order valence-corrected chi connectivity index (χ0v) is 14.6. The number of hydrogen-bond donors (Lipinski definition) is 1. The van der Waals surface area contributed by atoms with E-state index >= 15 is 0 Å². The van der Waals surface area contributed by atoms with Gasteiger partial charge in [0.2, 0.25) is 0 Å². The highest BCUT2D eigenvalue weighted by Crippen LogP contribution is 2.23. The van der Waals surface area contributed by atoms with E-state index in [1.54, 1.807) is 0 Å². The molecule has 0 aliphatic rings. The van der Waals surface area contributed by atoms with Gasteiger partial charge in [-0.15, -0.1) is 0 Å². The van der Waals surface area contributed by atoms with Crippen molar-refractivity contribution < 1.29 is 4.74 Å². The number of aryl methyl sites for hydroxylation is 1. The van der Waals surface area contributed by atoms with Crippen LogP contribution < -0.4 is 10.5 Å². The van der Waals surface area contributed by atoms with Gasteiger partial charge >= 0.3 is 0 Å². The second kappa shape index (κ2) is 6.88. The molecular weight excluding hydrogens is 324 g/mol. The predicted octanol–water partition coefficient (Wildman–Crippen LogP) is 3.95. The molecular formula is C21H20N4O. The highest BCUT2D eigenvalue weighted by Gasteiger charge is 2.10. The van der Waals surface area contributed by atoms with Crippen LogP contribution >= 0.6 is 0 Å². The Balaban J connectivity index is 1.62. The third kappa shape index (κ3) is 3.37. The lowest BCUT2D eigenvalue weighted by Gasteiger charge is -2.13. The molecule has 0 unspecified atom stereocenters. The lowest BCUT2D eigenvalue weighted by Crippen LogP contribution is -2.06. The number of hydrogen-bond acceptors (Lipinski definition) is 4. The van der Waals surface area contributed by atoms with Crippen molar-refractivity contribution in [1.29, 1.82) is 0 Å². The topological polar surface area (TPSA) is 66.0 Å². The van der Waals surface area contributed by atoms with Gasteiger partial charge in [0.05, 0.1) is 23.9 Å². The number of imidazole rings is 1. The Labute approximate surface area is 152 Å². The van der Waals surface area contributed by atoms with Gasteiger partial charge < -0.3 is 15.0 Å². The maximum atomic E-state index is 6.04. The van der Waals surface area contributed by atoms with Crippen molar-refractivity contribution >= 4 is 16.7 Å². The van der Waals surface area contributed by atoms with Crippen molar-refractivity contribution in [2.24, 2.45) is 0 Å². The van der Waals surface area contributed by atoms with E-state index < -0.39 is 0 Å². The Bertz CT molecular complexity index is 1040. The summed E-state index contributed by atoms with van der Waals surface area (Å²) in [5.41, 5.74) is 11.5. The normalized spacial score (nSPS) is 11.0. The van der Waals surface area contributed by atoms with Crippen LogP contribution in [0, 0.1) is 6.92 Å². The van der Waals surface area contributed by atoms with E-state index in [0.717, 1.165) is 39.4 Å². The van der Waals surface area contributed by atoms with Crippen LogP contribution in [0.4, 0.5) is 5.69 Å². The highest BCUT2D eigenvalue weighted by atomic mass is 16.5. The van der Waals surface area contributed by atoms with Gasteiger partial charge in [0.25, 0.3) is 0 Å². The van der Waals surface area contributed by atoms with Gasteiger partial charge in [-0.2, -0.15) is 0 Å². The Morgan fingerprint density at radius 1 is 1.04 bits per heavy atom. The number of rotatable bonds is 5. The largest absolute Gasteiger partial charge is 0.487 e. The molecule has 5 heteroatoms. The first-order valence-electron chi connectivity index (χ1n) is 8.53. The number of nitrogen functional groups attached to an aromatic ring is 1. The number of nitrogens with two attached hydrogens (primary N) is 1. The van der Waals surface area contributed by atoms with E-state index in [0.29, 0.717) is 13.2 Å². The average Bonchev–Trinajstić information content (AvgIpc) is 3.04. The minimum Gasteiger partial charge on any atom is -0.487 e. The van der Waals surface area contributed by atoms with Gasteiger partial charge in [0, 0.05) is 11.4 Å². The SMILES string of the molecule is Cc1ccc(OCc2ccccc2)c(Cn2cnc3ccc(N)cc32)n1. The number of nitrogens with zero attached hydrogens (tertiary/aromatic N) is 3. The fourth-order valence-electron chi connectivity index (χ4n) is 2.94. The summed E-state index contributed by atoms with van der Waals surface area (Å²) in [6.45, 7) is 3.07. The monoisotopic (exact) mass is 344 g/mol. The molecule has 0 aliphatic heterocycles. The molecule has 0 fully saturated rings. The Morgan fingerprint density at radius 2 is 1.88 bits per heavy atom. The molecule has 0 atom stereocenters. The minimum absolute atomic E-state index is 0.510. The smallest absolute Gasteiger partial charge is 0.143 e. The van der Waals surface area contributed by atoms with Crippen LogP contribution in [0.1, 0.15) is 17.0 Å². The first kappa shape index (κ1) is 16.1. The van der Waals surface area contributed by atoms with Crippen LogP contribution in [0.15, 0.2) is 67.0 Å². The number of ether oxygens (including phenoxy) is 1. The number of fused-ring (bicyclic) bond motifs is 1. The Morgan fingerprint density at radius 3 is 2.73 bits per heavy atom. The molecule has 2 N–H and O–H groups in total. The van der Waals surface area contributed by atoms with Crippen LogP contribution in [-0.4, -0.2) is 14.5 Å². The van der Waals surface area contributed by atoms with Gasteiger partial charge in [0.1, 0.15) is 18.1 Å². The molecule has 130 valence electrons. The Hall–Kier alpha value is -3.34. The molecule has 0 aliphatic carbocycles. The summed E-state index contributed by atoms with van der Waals surface area (Å²) in [5.74, 6) is 0.783. The minimum atomic E-state index is 0.510. The molecule has 0 saturated heterocycles. The van der Waals surface area contributed by atoms with E-state index in [-0.39, 0.29) is 0 Å². The summed E-state index contributed by atoms with van der Waals surface area (Å²) in [5, 5.41) is 0. The molecule has 0 bridgehead atoms. The third-order valence-corrected chi connectivity index (χ3v) is 4.27. The first-order chi connectivity index (χ1) is 12.7. The van der Waals surface area contributed by atoms with Gasteiger partial charge in [-0.05, 0) is 42.8 Å². The van der Waals surface area contributed by atoms with Gasteiger partial charge in [-0.25, -0.2) is 4.98 Å².